The number of rotatable bonds is 5. The van der Waals surface area contributed by atoms with Crippen molar-refractivity contribution in [1.29, 1.82) is 0 Å². The SMILES string of the molecule is Cc1occc1C(=O)N1CCC[C@@H](C(=O)NC2CC[NH+](Cc3ccccc3)CC2)C1. The highest BCUT2D eigenvalue weighted by atomic mass is 16.3. The Hall–Kier alpha value is -2.60. The van der Waals surface area contributed by atoms with E-state index in [9.17, 15) is 9.59 Å². The average Bonchev–Trinajstić information content (AvgIpc) is 3.21. The molecule has 160 valence electrons. The Labute approximate surface area is 178 Å². The minimum Gasteiger partial charge on any atom is -0.469 e. The number of quaternary nitrogens is 1. The molecule has 6 nitrogen and oxygen atoms in total. The number of aryl methyl sites for hydroxylation is 1. The summed E-state index contributed by atoms with van der Waals surface area (Å²) in [5.74, 6) is 0.588. The summed E-state index contributed by atoms with van der Waals surface area (Å²) in [5.41, 5.74) is 1.97. The number of carbonyl (C=O) groups is 2. The van der Waals surface area contributed by atoms with Gasteiger partial charge in [-0.25, -0.2) is 0 Å². The third-order valence-electron chi connectivity index (χ3n) is 6.50. The fourth-order valence-corrected chi connectivity index (χ4v) is 4.70. The molecule has 0 bridgehead atoms. The number of furan rings is 1. The van der Waals surface area contributed by atoms with Crippen LogP contribution < -0.4 is 10.2 Å². The molecule has 3 heterocycles. The topological polar surface area (TPSA) is 67.0 Å². The summed E-state index contributed by atoms with van der Waals surface area (Å²) in [4.78, 5) is 29.0. The Morgan fingerprint density at radius 3 is 2.60 bits per heavy atom. The second-order valence-corrected chi connectivity index (χ2v) is 8.68. The molecular weight excluding hydrogens is 378 g/mol. The Morgan fingerprint density at radius 2 is 1.90 bits per heavy atom. The van der Waals surface area contributed by atoms with Gasteiger partial charge in [-0.2, -0.15) is 0 Å². The molecule has 30 heavy (non-hydrogen) atoms. The minimum atomic E-state index is -0.121. The predicted octanol–water partition coefficient (Wildman–Crippen LogP) is 1.80. The summed E-state index contributed by atoms with van der Waals surface area (Å²) in [6, 6.07) is 12.6. The molecule has 1 aromatic heterocycles. The van der Waals surface area contributed by atoms with Gasteiger partial charge in [-0.1, -0.05) is 30.3 Å². The largest absolute Gasteiger partial charge is 0.469 e. The van der Waals surface area contributed by atoms with Crippen molar-refractivity contribution < 1.29 is 18.9 Å². The van der Waals surface area contributed by atoms with E-state index in [-0.39, 0.29) is 23.8 Å². The van der Waals surface area contributed by atoms with Gasteiger partial charge < -0.3 is 19.5 Å². The highest BCUT2D eigenvalue weighted by Gasteiger charge is 2.32. The molecule has 0 aliphatic carbocycles. The maximum absolute atomic E-state index is 12.9. The van der Waals surface area contributed by atoms with Crippen molar-refractivity contribution in [2.75, 3.05) is 26.2 Å². The second kappa shape index (κ2) is 9.47. The first-order valence-corrected chi connectivity index (χ1v) is 11.1. The van der Waals surface area contributed by atoms with Crippen LogP contribution in [0.4, 0.5) is 0 Å². The van der Waals surface area contributed by atoms with Gasteiger partial charge in [-0.3, -0.25) is 9.59 Å². The maximum Gasteiger partial charge on any atom is 0.257 e. The molecule has 2 saturated heterocycles. The lowest BCUT2D eigenvalue weighted by Crippen LogP contribution is -3.12. The minimum absolute atomic E-state index is 0.0310. The van der Waals surface area contributed by atoms with Gasteiger partial charge in [-0.15, -0.1) is 0 Å². The van der Waals surface area contributed by atoms with Gasteiger partial charge >= 0.3 is 0 Å². The van der Waals surface area contributed by atoms with E-state index < -0.39 is 0 Å². The summed E-state index contributed by atoms with van der Waals surface area (Å²) in [5, 5.41) is 3.27. The van der Waals surface area contributed by atoms with Crippen molar-refractivity contribution in [3.8, 4) is 0 Å². The number of hydrogen-bond acceptors (Lipinski definition) is 3. The highest BCUT2D eigenvalue weighted by Crippen LogP contribution is 2.21. The smallest absolute Gasteiger partial charge is 0.257 e. The Morgan fingerprint density at radius 1 is 1.13 bits per heavy atom. The van der Waals surface area contributed by atoms with Gasteiger partial charge in [0.25, 0.3) is 5.91 Å². The highest BCUT2D eigenvalue weighted by molar-refractivity contribution is 5.95. The van der Waals surface area contributed by atoms with Crippen LogP contribution in [0.3, 0.4) is 0 Å². The van der Waals surface area contributed by atoms with E-state index in [1.807, 2.05) is 0 Å². The van der Waals surface area contributed by atoms with Gasteiger partial charge in [0.05, 0.1) is 30.8 Å². The number of hydrogen-bond donors (Lipinski definition) is 2. The van der Waals surface area contributed by atoms with Gasteiger partial charge in [0, 0.05) is 37.5 Å². The van der Waals surface area contributed by atoms with Crippen molar-refractivity contribution in [1.82, 2.24) is 10.2 Å². The molecule has 0 spiro atoms. The van der Waals surface area contributed by atoms with Crippen LogP contribution in [0, 0.1) is 12.8 Å². The lowest BCUT2D eigenvalue weighted by molar-refractivity contribution is -0.918. The molecule has 2 amide bonds. The standard InChI is InChI=1S/C24H31N3O3/c1-18-22(11-15-30-18)24(29)27-12-5-8-20(17-27)23(28)25-21-9-13-26(14-10-21)16-19-6-3-2-4-7-19/h2-4,6-7,11,15,20-21H,5,8-10,12-14,16-17H2,1H3,(H,25,28)/p+1/t20-/m1/s1. The normalized spacial score (nSPS) is 24.4. The van der Waals surface area contributed by atoms with Crippen molar-refractivity contribution in [2.24, 2.45) is 5.92 Å². The molecule has 2 aromatic rings. The van der Waals surface area contributed by atoms with Crippen molar-refractivity contribution in [2.45, 2.75) is 45.2 Å². The first kappa shape index (κ1) is 20.7. The van der Waals surface area contributed by atoms with E-state index in [2.05, 4.69) is 35.6 Å². The van der Waals surface area contributed by atoms with Crippen LogP contribution in [0.25, 0.3) is 0 Å². The van der Waals surface area contributed by atoms with Crippen LogP contribution >= 0.6 is 0 Å². The first-order chi connectivity index (χ1) is 14.6. The van der Waals surface area contributed by atoms with Crippen LogP contribution in [-0.2, 0) is 11.3 Å². The number of nitrogens with one attached hydrogen (secondary N) is 2. The van der Waals surface area contributed by atoms with Crippen LogP contribution in [-0.4, -0.2) is 48.9 Å². The monoisotopic (exact) mass is 410 g/mol. The molecule has 0 unspecified atom stereocenters. The zero-order chi connectivity index (χ0) is 20.9. The average molecular weight is 411 g/mol. The summed E-state index contributed by atoms with van der Waals surface area (Å²) in [6.07, 6.45) is 5.27. The third-order valence-corrected chi connectivity index (χ3v) is 6.50. The van der Waals surface area contributed by atoms with Gasteiger partial charge in [-0.05, 0) is 25.8 Å². The quantitative estimate of drug-likeness (QED) is 0.790. The third kappa shape index (κ3) is 4.93. The molecule has 1 aromatic carbocycles. The molecular formula is C24H32N3O3+. The molecule has 2 aliphatic rings. The van der Waals surface area contributed by atoms with Crippen LogP contribution in [0.5, 0.6) is 0 Å². The van der Waals surface area contributed by atoms with E-state index in [0.29, 0.717) is 24.4 Å². The maximum atomic E-state index is 12.9. The molecule has 6 heteroatoms. The van der Waals surface area contributed by atoms with Crippen molar-refractivity contribution >= 4 is 11.8 Å². The van der Waals surface area contributed by atoms with Crippen molar-refractivity contribution in [3.05, 3.63) is 59.5 Å². The number of piperidine rings is 2. The lowest BCUT2D eigenvalue weighted by Gasteiger charge is -2.34. The summed E-state index contributed by atoms with van der Waals surface area (Å²) >= 11 is 0. The van der Waals surface area contributed by atoms with E-state index in [0.717, 1.165) is 45.3 Å². The zero-order valence-corrected chi connectivity index (χ0v) is 17.7. The number of likely N-dealkylation sites (tertiary alicyclic amines) is 2. The Balaban J connectivity index is 1.25. The van der Waals surface area contributed by atoms with Crippen LogP contribution in [0.15, 0.2) is 47.1 Å². The lowest BCUT2D eigenvalue weighted by atomic mass is 9.95. The number of amides is 2. The van der Waals surface area contributed by atoms with Crippen LogP contribution in [0.2, 0.25) is 0 Å². The summed E-state index contributed by atoms with van der Waals surface area (Å²) in [7, 11) is 0. The van der Waals surface area contributed by atoms with E-state index in [4.69, 9.17) is 4.42 Å². The number of benzene rings is 1. The van der Waals surface area contributed by atoms with E-state index in [1.54, 1.807) is 29.1 Å². The Bertz CT molecular complexity index is 856. The fourth-order valence-electron chi connectivity index (χ4n) is 4.70. The molecule has 4 rings (SSSR count). The second-order valence-electron chi connectivity index (χ2n) is 8.68. The molecule has 0 saturated carbocycles. The summed E-state index contributed by atoms with van der Waals surface area (Å²) < 4.78 is 5.27. The Kier molecular flexibility index (Phi) is 6.53. The van der Waals surface area contributed by atoms with Gasteiger partial charge in [0.15, 0.2) is 0 Å². The van der Waals surface area contributed by atoms with Crippen molar-refractivity contribution in [3.63, 3.8) is 0 Å². The molecule has 1 atom stereocenters. The summed E-state index contributed by atoms with van der Waals surface area (Å²) in [6.45, 7) is 6.20. The zero-order valence-electron chi connectivity index (χ0n) is 17.7. The fraction of sp³-hybridized carbons (Fsp3) is 0.500. The van der Waals surface area contributed by atoms with Gasteiger partial charge in [0.2, 0.25) is 5.91 Å². The van der Waals surface area contributed by atoms with Crippen LogP contribution in [0.1, 0.15) is 47.4 Å². The number of nitrogens with zero attached hydrogens (tertiary/aromatic N) is 1. The molecule has 2 aliphatic heterocycles. The van der Waals surface area contributed by atoms with E-state index >= 15 is 0 Å². The molecule has 0 radical (unpaired) electrons. The first-order valence-electron chi connectivity index (χ1n) is 11.1. The van der Waals surface area contributed by atoms with Gasteiger partial charge in [0.1, 0.15) is 12.3 Å². The molecule has 2 fully saturated rings. The number of carbonyl (C=O) groups excluding carboxylic acids is 2. The van der Waals surface area contributed by atoms with E-state index in [1.165, 1.54) is 5.56 Å². The predicted molar refractivity (Wildman–Crippen MR) is 114 cm³/mol. The molecule has 2 N–H and O–H groups in total.